The molecular formula is C11H22N2O2. The lowest BCUT2D eigenvalue weighted by atomic mass is 10.0. The van der Waals surface area contributed by atoms with E-state index in [1.165, 1.54) is 0 Å². The maximum absolute atomic E-state index is 11.7. The minimum atomic E-state index is -0.133. The van der Waals surface area contributed by atoms with Crippen LogP contribution >= 0.6 is 0 Å². The SMILES string of the molecule is CCC(C)N(C)C(=O)COC1(C)CNC1. The molecular weight excluding hydrogens is 192 g/mol. The Kier molecular flexibility index (Phi) is 4.11. The highest BCUT2D eigenvalue weighted by Crippen LogP contribution is 2.15. The van der Waals surface area contributed by atoms with Crippen molar-refractivity contribution in [3.05, 3.63) is 0 Å². The van der Waals surface area contributed by atoms with Crippen molar-refractivity contribution < 1.29 is 9.53 Å². The normalized spacial score (nSPS) is 20.5. The van der Waals surface area contributed by atoms with Gasteiger partial charge in [0.05, 0.1) is 5.60 Å². The highest BCUT2D eigenvalue weighted by molar-refractivity contribution is 5.77. The van der Waals surface area contributed by atoms with Gasteiger partial charge in [0.1, 0.15) is 6.61 Å². The fraction of sp³-hybridized carbons (Fsp3) is 0.909. The number of ether oxygens (including phenoxy) is 1. The summed E-state index contributed by atoms with van der Waals surface area (Å²) in [6, 6.07) is 0.286. The van der Waals surface area contributed by atoms with Crippen molar-refractivity contribution in [3.63, 3.8) is 0 Å². The smallest absolute Gasteiger partial charge is 0.248 e. The molecule has 1 amide bonds. The molecule has 0 bridgehead atoms. The van der Waals surface area contributed by atoms with Crippen molar-refractivity contribution in [3.8, 4) is 0 Å². The van der Waals surface area contributed by atoms with E-state index in [1.54, 1.807) is 4.90 Å². The summed E-state index contributed by atoms with van der Waals surface area (Å²) in [5.41, 5.74) is -0.133. The number of rotatable bonds is 5. The van der Waals surface area contributed by atoms with E-state index in [0.29, 0.717) is 0 Å². The van der Waals surface area contributed by atoms with Gasteiger partial charge in [0.15, 0.2) is 0 Å². The molecule has 1 N–H and O–H groups in total. The van der Waals surface area contributed by atoms with E-state index >= 15 is 0 Å². The molecule has 1 rings (SSSR count). The van der Waals surface area contributed by atoms with Crippen LogP contribution in [0.3, 0.4) is 0 Å². The largest absolute Gasteiger partial charge is 0.363 e. The molecule has 1 saturated heterocycles. The maximum atomic E-state index is 11.7. The van der Waals surface area contributed by atoms with Crippen molar-refractivity contribution in [1.29, 1.82) is 0 Å². The average Bonchev–Trinajstić information content (AvgIpc) is 2.20. The molecule has 1 heterocycles. The van der Waals surface area contributed by atoms with Gasteiger partial charge in [-0.05, 0) is 20.3 Å². The summed E-state index contributed by atoms with van der Waals surface area (Å²) in [6.45, 7) is 8.02. The zero-order valence-electron chi connectivity index (χ0n) is 10.2. The Hall–Kier alpha value is -0.610. The van der Waals surface area contributed by atoms with Crippen molar-refractivity contribution in [2.45, 2.75) is 38.8 Å². The number of nitrogens with one attached hydrogen (secondary N) is 1. The van der Waals surface area contributed by atoms with Crippen molar-refractivity contribution in [1.82, 2.24) is 10.2 Å². The van der Waals surface area contributed by atoms with Crippen LogP contribution in [0, 0.1) is 0 Å². The molecule has 0 aliphatic carbocycles. The van der Waals surface area contributed by atoms with Crippen LogP contribution in [0.15, 0.2) is 0 Å². The Morgan fingerprint density at radius 2 is 2.20 bits per heavy atom. The molecule has 1 unspecified atom stereocenters. The third kappa shape index (κ3) is 3.18. The lowest BCUT2D eigenvalue weighted by Crippen LogP contribution is -2.59. The Balaban J connectivity index is 2.29. The summed E-state index contributed by atoms with van der Waals surface area (Å²) in [6.07, 6.45) is 0.973. The van der Waals surface area contributed by atoms with Gasteiger partial charge in [0.25, 0.3) is 0 Å². The predicted octanol–water partition coefficient (Wildman–Crippen LogP) is 0.622. The highest BCUT2D eigenvalue weighted by Gasteiger charge is 2.33. The lowest BCUT2D eigenvalue weighted by molar-refractivity contribution is -0.146. The van der Waals surface area contributed by atoms with E-state index in [2.05, 4.69) is 12.2 Å². The van der Waals surface area contributed by atoms with Crippen LogP contribution in [0.2, 0.25) is 0 Å². The summed E-state index contributed by atoms with van der Waals surface area (Å²) < 4.78 is 5.59. The molecule has 0 radical (unpaired) electrons. The number of likely N-dealkylation sites (N-methyl/N-ethyl adjacent to an activating group) is 1. The van der Waals surface area contributed by atoms with Gasteiger partial charge in [-0.2, -0.15) is 0 Å². The van der Waals surface area contributed by atoms with Gasteiger partial charge in [0, 0.05) is 26.2 Å². The Labute approximate surface area is 92.0 Å². The Morgan fingerprint density at radius 1 is 1.60 bits per heavy atom. The van der Waals surface area contributed by atoms with Gasteiger partial charge >= 0.3 is 0 Å². The molecule has 0 aromatic heterocycles. The molecule has 15 heavy (non-hydrogen) atoms. The monoisotopic (exact) mass is 214 g/mol. The first-order valence-corrected chi connectivity index (χ1v) is 5.59. The van der Waals surface area contributed by atoms with Crippen molar-refractivity contribution in [2.24, 2.45) is 0 Å². The number of carbonyl (C=O) groups excluding carboxylic acids is 1. The minimum absolute atomic E-state index is 0.0671. The fourth-order valence-electron chi connectivity index (χ4n) is 1.44. The van der Waals surface area contributed by atoms with Gasteiger partial charge < -0.3 is 15.0 Å². The van der Waals surface area contributed by atoms with Gasteiger partial charge in [-0.1, -0.05) is 6.92 Å². The van der Waals surface area contributed by atoms with Gasteiger partial charge in [0.2, 0.25) is 5.91 Å². The van der Waals surface area contributed by atoms with Crippen LogP contribution in [0.25, 0.3) is 0 Å². The van der Waals surface area contributed by atoms with Crippen LogP contribution in [0.5, 0.6) is 0 Å². The summed E-state index contributed by atoms with van der Waals surface area (Å²) in [5, 5.41) is 3.14. The van der Waals surface area contributed by atoms with Crippen LogP contribution in [-0.4, -0.2) is 49.2 Å². The first-order valence-electron chi connectivity index (χ1n) is 5.59. The molecule has 1 aliphatic heterocycles. The van der Waals surface area contributed by atoms with E-state index in [1.807, 2.05) is 20.9 Å². The van der Waals surface area contributed by atoms with E-state index in [9.17, 15) is 4.79 Å². The maximum Gasteiger partial charge on any atom is 0.248 e. The summed E-state index contributed by atoms with van der Waals surface area (Å²) in [5.74, 6) is 0.0671. The number of carbonyl (C=O) groups is 1. The first-order chi connectivity index (χ1) is 6.98. The average molecular weight is 214 g/mol. The molecule has 0 saturated carbocycles. The molecule has 1 aliphatic rings. The summed E-state index contributed by atoms with van der Waals surface area (Å²) in [4.78, 5) is 13.5. The predicted molar refractivity (Wildman–Crippen MR) is 59.7 cm³/mol. The molecule has 4 nitrogen and oxygen atoms in total. The van der Waals surface area contributed by atoms with Gasteiger partial charge in [-0.3, -0.25) is 4.79 Å². The molecule has 0 spiro atoms. The topological polar surface area (TPSA) is 41.6 Å². The van der Waals surface area contributed by atoms with Crippen molar-refractivity contribution in [2.75, 3.05) is 26.7 Å². The minimum Gasteiger partial charge on any atom is -0.363 e. The quantitative estimate of drug-likeness (QED) is 0.729. The molecule has 1 atom stereocenters. The Bertz CT molecular complexity index is 227. The highest BCUT2D eigenvalue weighted by atomic mass is 16.5. The third-order valence-corrected chi connectivity index (χ3v) is 3.19. The van der Waals surface area contributed by atoms with Crippen molar-refractivity contribution >= 4 is 5.91 Å². The second kappa shape index (κ2) is 4.94. The van der Waals surface area contributed by atoms with E-state index in [-0.39, 0.29) is 24.2 Å². The number of hydrogen-bond acceptors (Lipinski definition) is 3. The molecule has 4 heteroatoms. The zero-order valence-corrected chi connectivity index (χ0v) is 10.2. The standard InChI is InChI=1S/C11H22N2O2/c1-5-9(2)13(4)10(14)6-15-11(3)7-12-8-11/h9,12H,5-8H2,1-4H3. The molecule has 88 valence electrons. The summed E-state index contributed by atoms with van der Waals surface area (Å²) in [7, 11) is 1.83. The van der Waals surface area contributed by atoms with Crippen LogP contribution in [-0.2, 0) is 9.53 Å². The van der Waals surface area contributed by atoms with Crippen LogP contribution in [0.4, 0.5) is 0 Å². The first kappa shape index (κ1) is 12.5. The zero-order chi connectivity index (χ0) is 11.5. The van der Waals surface area contributed by atoms with E-state index in [0.717, 1.165) is 19.5 Å². The third-order valence-electron chi connectivity index (χ3n) is 3.19. The molecule has 0 aromatic carbocycles. The van der Waals surface area contributed by atoms with Crippen LogP contribution in [0.1, 0.15) is 27.2 Å². The number of hydrogen-bond donors (Lipinski definition) is 1. The van der Waals surface area contributed by atoms with E-state index < -0.39 is 0 Å². The number of amides is 1. The second-order valence-electron chi connectivity index (χ2n) is 4.60. The summed E-state index contributed by atoms with van der Waals surface area (Å²) >= 11 is 0. The van der Waals surface area contributed by atoms with Gasteiger partial charge in [-0.15, -0.1) is 0 Å². The van der Waals surface area contributed by atoms with Gasteiger partial charge in [-0.25, -0.2) is 0 Å². The van der Waals surface area contributed by atoms with E-state index in [4.69, 9.17) is 4.74 Å². The number of nitrogens with zero attached hydrogens (tertiary/aromatic N) is 1. The second-order valence-corrected chi connectivity index (χ2v) is 4.60. The molecule has 0 aromatic rings. The Morgan fingerprint density at radius 3 is 2.60 bits per heavy atom. The van der Waals surface area contributed by atoms with Crippen LogP contribution < -0.4 is 5.32 Å². The lowest BCUT2D eigenvalue weighted by Gasteiger charge is -2.39. The molecule has 1 fully saturated rings. The fourth-order valence-corrected chi connectivity index (χ4v) is 1.44.